The number of likely N-dealkylation sites (tertiary alicyclic amines) is 1. The number of fused-ring (bicyclic) bond motifs is 1. The first kappa shape index (κ1) is 21.4. The van der Waals surface area contributed by atoms with Gasteiger partial charge in [-0.25, -0.2) is 0 Å². The zero-order valence-electron chi connectivity index (χ0n) is 18.1. The number of nitrogens with zero attached hydrogens (tertiary/aromatic N) is 2. The van der Waals surface area contributed by atoms with E-state index in [0.29, 0.717) is 29.1 Å². The number of rotatable bonds is 5. The van der Waals surface area contributed by atoms with E-state index in [1.165, 1.54) is 29.4 Å². The lowest BCUT2D eigenvalue weighted by Gasteiger charge is -2.24. The highest BCUT2D eigenvalue weighted by atomic mass is 16.6. The highest BCUT2D eigenvalue weighted by molar-refractivity contribution is 6.46. The molecule has 3 aromatic rings. The van der Waals surface area contributed by atoms with Gasteiger partial charge in [-0.15, -0.1) is 0 Å². The molecule has 0 bridgehead atoms. The summed E-state index contributed by atoms with van der Waals surface area (Å²) in [4.78, 5) is 38.3. The van der Waals surface area contributed by atoms with Gasteiger partial charge in [0.25, 0.3) is 17.4 Å². The number of benzene rings is 2. The summed E-state index contributed by atoms with van der Waals surface area (Å²) >= 11 is 0. The summed E-state index contributed by atoms with van der Waals surface area (Å²) < 4.78 is 11.1. The summed E-state index contributed by atoms with van der Waals surface area (Å²) in [6.45, 7) is 1.89. The van der Waals surface area contributed by atoms with Crippen LogP contribution in [0.4, 0.5) is 5.69 Å². The molecule has 0 spiro atoms. The van der Waals surface area contributed by atoms with Gasteiger partial charge in [0.1, 0.15) is 23.4 Å². The molecule has 1 amide bonds. The number of aliphatic hydroxyl groups is 1. The second-order valence-electron chi connectivity index (χ2n) is 8.31. The Kier molecular flexibility index (Phi) is 5.16. The second kappa shape index (κ2) is 8.18. The molecule has 1 saturated heterocycles. The molecular formula is C25H20N2O7. The van der Waals surface area contributed by atoms with Gasteiger partial charge in [0.15, 0.2) is 0 Å². The Morgan fingerprint density at radius 3 is 2.74 bits per heavy atom. The summed E-state index contributed by atoms with van der Waals surface area (Å²) in [5.74, 6) is -0.907. The molecule has 1 fully saturated rings. The van der Waals surface area contributed by atoms with Crippen molar-refractivity contribution in [1.82, 2.24) is 4.90 Å². The SMILES string of the molecule is CC1Cc2cc(C(O)=C3C(=O)C(=O)N(Cc4ccco4)C3c3cccc([N+](=O)[O-])c3)ccc2O1. The predicted octanol–water partition coefficient (Wildman–Crippen LogP) is 4.13. The molecule has 1 aromatic heterocycles. The van der Waals surface area contributed by atoms with Crippen molar-refractivity contribution in [3.8, 4) is 5.75 Å². The minimum Gasteiger partial charge on any atom is -0.507 e. The number of ketones is 1. The maximum Gasteiger partial charge on any atom is 0.296 e. The number of carbonyl (C=O) groups excluding carboxylic acids is 2. The fourth-order valence-electron chi connectivity index (χ4n) is 4.49. The molecular weight excluding hydrogens is 440 g/mol. The third kappa shape index (κ3) is 3.61. The van der Waals surface area contributed by atoms with Crippen molar-refractivity contribution in [1.29, 1.82) is 0 Å². The molecule has 5 rings (SSSR count). The van der Waals surface area contributed by atoms with Crippen molar-refractivity contribution in [3.05, 3.63) is 99.0 Å². The number of non-ortho nitro benzene ring substituents is 1. The number of nitro benzene ring substituents is 1. The Hall–Kier alpha value is -4.40. The number of ether oxygens (including phenoxy) is 1. The lowest BCUT2D eigenvalue weighted by molar-refractivity contribution is -0.384. The van der Waals surface area contributed by atoms with Crippen molar-refractivity contribution in [3.63, 3.8) is 0 Å². The van der Waals surface area contributed by atoms with Gasteiger partial charge in [0.2, 0.25) is 0 Å². The molecule has 2 aliphatic heterocycles. The van der Waals surface area contributed by atoms with Crippen LogP contribution in [-0.2, 0) is 22.6 Å². The van der Waals surface area contributed by atoms with Crippen LogP contribution in [0.3, 0.4) is 0 Å². The van der Waals surface area contributed by atoms with Crippen LogP contribution in [-0.4, -0.2) is 32.7 Å². The highest BCUT2D eigenvalue weighted by Gasteiger charge is 2.46. The summed E-state index contributed by atoms with van der Waals surface area (Å²) in [5, 5.41) is 22.6. The number of Topliss-reactive ketones (excluding diaryl/α,β-unsaturated/α-hetero) is 1. The molecule has 9 heteroatoms. The van der Waals surface area contributed by atoms with E-state index in [0.717, 1.165) is 5.56 Å². The van der Waals surface area contributed by atoms with Gasteiger partial charge >= 0.3 is 0 Å². The van der Waals surface area contributed by atoms with Crippen LogP contribution in [0, 0.1) is 10.1 Å². The van der Waals surface area contributed by atoms with Crippen LogP contribution in [0.5, 0.6) is 5.75 Å². The van der Waals surface area contributed by atoms with Crippen molar-refractivity contribution >= 4 is 23.1 Å². The lowest BCUT2D eigenvalue weighted by atomic mass is 9.94. The molecule has 0 radical (unpaired) electrons. The average molecular weight is 460 g/mol. The Bertz CT molecular complexity index is 1340. The van der Waals surface area contributed by atoms with E-state index in [9.17, 15) is 24.8 Å². The maximum absolute atomic E-state index is 13.1. The third-order valence-corrected chi connectivity index (χ3v) is 6.01. The number of hydrogen-bond donors (Lipinski definition) is 1. The van der Waals surface area contributed by atoms with E-state index >= 15 is 0 Å². The number of hydrogen-bond acceptors (Lipinski definition) is 7. The highest BCUT2D eigenvalue weighted by Crippen LogP contribution is 2.42. The molecule has 9 nitrogen and oxygen atoms in total. The molecule has 0 saturated carbocycles. The molecule has 172 valence electrons. The van der Waals surface area contributed by atoms with E-state index in [2.05, 4.69) is 0 Å². The topological polar surface area (TPSA) is 123 Å². The van der Waals surface area contributed by atoms with E-state index < -0.39 is 22.7 Å². The average Bonchev–Trinajstić information content (AvgIpc) is 3.52. The first-order chi connectivity index (χ1) is 16.3. The summed E-state index contributed by atoms with van der Waals surface area (Å²) in [7, 11) is 0. The van der Waals surface area contributed by atoms with Gasteiger partial charge in [0, 0.05) is 24.1 Å². The minimum absolute atomic E-state index is 0.00357. The largest absolute Gasteiger partial charge is 0.507 e. The molecule has 2 aromatic carbocycles. The molecule has 2 aliphatic rings. The number of aliphatic hydroxyl groups excluding tert-OH is 1. The molecule has 2 atom stereocenters. The van der Waals surface area contributed by atoms with Crippen LogP contribution in [0.25, 0.3) is 5.76 Å². The monoisotopic (exact) mass is 460 g/mol. The third-order valence-electron chi connectivity index (χ3n) is 6.01. The molecule has 34 heavy (non-hydrogen) atoms. The van der Waals surface area contributed by atoms with E-state index in [1.54, 1.807) is 36.4 Å². The fourth-order valence-corrected chi connectivity index (χ4v) is 4.49. The zero-order valence-corrected chi connectivity index (χ0v) is 18.1. The fraction of sp³-hybridized carbons (Fsp3) is 0.200. The van der Waals surface area contributed by atoms with Gasteiger partial charge in [0.05, 0.1) is 29.3 Å². The Balaban J connectivity index is 1.65. The van der Waals surface area contributed by atoms with Gasteiger partial charge in [-0.1, -0.05) is 12.1 Å². The van der Waals surface area contributed by atoms with Crippen molar-refractivity contribution < 1.29 is 28.8 Å². The first-order valence-corrected chi connectivity index (χ1v) is 10.7. The van der Waals surface area contributed by atoms with Crippen molar-refractivity contribution in [2.75, 3.05) is 0 Å². The van der Waals surface area contributed by atoms with Crippen LogP contribution in [0.1, 0.15) is 35.4 Å². The minimum atomic E-state index is -1.03. The number of nitro groups is 1. The van der Waals surface area contributed by atoms with Gasteiger partial charge < -0.3 is 19.2 Å². The van der Waals surface area contributed by atoms with Crippen LogP contribution in [0.15, 0.2) is 70.9 Å². The predicted molar refractivity (Wildman–Crippen MR) is 120 cm³/mol. The Labute approximate surface area is 194 Å². The van der Waals surface area contributed by atoms with Crippen LogP contribution < -0.4 is 4.74 Å². The zero-order chi connectivity index (χ0) is 24.0. The number of amides is 1. The summed E-state index contributed by atoms with van der Waals surface area (Å²) in [6.07, 6.45) is 2.09. The quantitative estimate of drug-likeness (QED) is 0.200. The molecule has 3 heterocycles. The standard InChI is InChI=1S/C25H20N2O7/c1-14-10-17-11-16(7-8-20(17)34-14)23(28)21-22(15-4-2-5-18(12-15)27(31)32)26(25(30)24(21)29)13-19-6-3-9-33-19/h2-9,11-12,14,22,28H,10,13H2,1H3. The van der Waals surface area contributed by atoms with E-state index in [1.807, 2.05) is 6.92 Å². The summed E-state index contributed by atoms with van der Waals surface area (Å²) in [5.41, 5.74) is 1.25. The normalized spacial score (nSPS) is 20.9. The van der Waals surface area contributed by atoms with Crippen molar-refractivity contribution in [2.45, 2.75) is 32.0 Å². The molecule has 0 aliphatic carbocycles. The maximum atomic E-state index is 13.1. The van der Waals surface area contributed by atoms with E-state index in [-0.39, 0.29) is 29.7 Å². The second-order valence-corrected chi connectivity index (χ2v) is 8.31. The van der Waals surface area contributed by atoms with Gasteiger partial charge in [-0.3, -0.25) is 19.7 Å². The van der Waals surface area contributed by atoms with Crippen LogP contribution in [0.2, 0.25) is 0 Å². The van der Waals surface area contributed by atoms with Gasteiger partial charge in [-0.2, -0.15) is 0 Å². The molecule has 2 unspecified atom stereocenters. The lowest BCUT2D eigenvalue weighted by Crippen LogP contribution is -2.29. The van der Waals surface area contributed by atoms with Crippen molar-refractivity contribution in [2.24, 2.45) is 0 Å². The molecule has 1 N–H and O–H groups in total. The summed E-state index contributed by atoms with van der Waals surface area (Å²) in [6, 6.07) is 13.0. The Morgan fingerprint density at radius 2 is 2.00 bits per heavy atom. The number of carbonyl (C=O) groups is 2. The Morgan fingerprint density at radius 1 is 1.18 bits per heavy atom. The van der Waals surface area contributed by atoms with E-state index in [4.69, 9.17) is 9.15 Å². The van der Waals surface area contributed by atoms with Gasteiger partial charge in [-0.05, 0) is 48.4 Å². The smallest absolute Gasteiger partial charge is 0.296 e. The van der Waals surface area contributed by atoms with Crippen LogP contribution >= 0.6 is 0 Å². The number of furan rings is 1. The first-order valence-electron chi connectivity index (χ1n) is 10.7.